The molecule has 0 spiro atoms. The molecule has 0 radical (unpaired) electrons. The quantitative estimate of drug-likeness (QED) is 0.395. The van der Waals surface area contributed by atoms with Crippen molar-refractivity contribution in [1.82, 2.24) is 10.1 Å². The molecule has 0 saturated carbocycles. The van der Waals surface area contributed by atoms with E-state index in [0.717, 1.165) is 0 Å². The highest BCUT2D eigenvalue weighted by Gasteiger charge is 2.23. The van der Waals surface area contributed by atoms with Crippen LogP contribution in [-0.4, -0.2) is 28.7 Å². The number of benzene rings is 1. The topological polar surface area (TPSA) is 118 Å². The second kappa shape index (κ2) is 7.81. The summed E-state index contributed by atoms with van der Waals surface area (Å²) in [7, 11) is 0. The molecule has 140 valence electrons. The molecule has 3 aromatic rings. The Labute approximate surface area is 155 Å². The van der Waals surface area contributed by atoms with Crippen LogP contribution in [0.4, 0.5) is 5.95 Å². The molecule has 0 amide bonds. The number of ether oxygens (including phenoxy) is 1. The second-order valence-electron chi connectivity index (χ2n) is 6.09. The van der Waals surface area contributed by atoms with Gasteiger partial charge in [0.2, 0.25) is 5.10 Å². The highest BCUT2D eigenvalue weighted by Crippen LogP contribution is 2.23. The standard InChI is InChI=1S/C18H19N5O4/c1-12(2)27-16(24)9-11-20-18-21-23(26)15-8-5-6-13(17(15)22(18)25)14-7-3-4-10-19-14/h3-8,10,12H,9,11H2,1-2H3,(H,20,21). The maximum atomic E-state index is 12.8. The van der Waals surface area contributed by atoms with Gasteiger partial charge >= 0.3 is 11.9 Å². The maximum absolute atomic E-state index is 12.8. The number of pyridine rings is 1. The summed E-state index contributed by atoms with van der Waals surface area (Å²) in [5, 5.41) is 31.6. The van der Waals surface area contributed by atoms with Gasteiger partial charge in [0.25, 0.3) is 5.52 Å². The number of esters is 1. The van der Waals surface area contributed by atoms with Crippen molar-refractivity contribution < 1.29 is 19.1 Å². The predicted octanol–water partition coefficient (Wildman–Crippen LogP) is 1.32. The Kier molecular flexibility index (Phi) is 5.30. The van der Waals surface area contributed by atoms with Crippen LogP contribution in [0, 0.1) is 10.4 Å². The Morgan fingerprint density at radius 3 is 2.74 bits per heavy atom. The molecule has 2 heterocycles. The minimum Gasteiger partial charge on any atom is -0.739 e. The fraction of sp³-hybridized carbons (Fsp3) is 0.278. The van der Waals surface area contributed by atoms with Crippen molar-refractivity contribution in [2.75, 3.05) is 11.9 Å². The van der Waals surface area contributed by atoms with Crippen LogP contribution in [0.5, 0.6) is 0 Å². The van der Waals surface area contributed by atoms with Crippen LogP contribution in [-0.2, 0) is 9.53 Å². The molecule has 0 bridgehead atoms. The third-order valence-corrected chi connectivity index (χ3v) is 3.72. The normalized spacial score (nSPS) is 10.9. The average molecular weight is 369 g/mol. The van der Waals surface area contributed by atoms with E-state index >= 15 is 0 Å². The molecule has 0 aliphatic heterocycles. The van der Waals surface area contributed by atoms with E-state index in [1.807, 2.05) is 0 Å². The van der Waals surface area contributed by atoms with Crippen LogP contribution >= 0.6 is 0 Å². The van der Waals surface area contributed by atoms with Crippen molar-refractivity contribution in [2.24, 2.45) is 0 Å². The van der Waals surface area contributed by atoms with Gasteiger partial charge in [0.05, 0.1) is 24.8 Å². The van der Waals surface area contributed by atoms with E-state index in [0.29, 0.717) is 20.8 Å². The van der Waals surface area contributed by atoms with Crippen LogP contribution in [0.25, 0.3) is 22.3 Å². The number of hydrogen-bond acceptors (Lipinski definition) is 7. The lowest BCUT2D eigenvalue weighted by Gasteiger charge is -2.13. The molecule has 1 N–H and O–H groups in total. The molecule has 0 fully saturated rings. The molecule has 9 heteroatoms. The van der Waals surface area contributed by atoms with E-state index in [1.165, 1.54) is 6.07 Å². The van der Waals surface area contributed by atoms with Gasteiger partial charge < -0.3 is 15.2 Å². The summed E-state index contributed by atoms with van der Waals surface area (Å²) >= 11 is 0. The van der Waals surface area contributed by atoms with Gasteiger partial charge in [-0.2, -0.15) is 0 Å². The fourth-order valence-corrected chi connectivity index (χ4v) is 2.62. The number of nitrogens with one attached hydrogen (secondary N) is 1. The molecular weight excluding hydrogens is 350 g/mol. The first-order chi connectivity index (χ1) is 13.0. The Hall–Kier alpha value is -3.49. The van der Waals surface area contributed by atoms with Crippen molar-refractivity contribution in [1.29, 1.82) is 0 Å². The summed E-state index contributed by atoms with van der Waals surface area (Å²) in [4.78, 5) is 16.2. The number of rotatable bonds is 6. The van der Waals surface area contributed by atoms with Crippen LogP contribution in [0.3, 0.4) is 0 Å². The number of aromatic nitrogens is 4. The first kappa shape index (κ1) is 18.3. The second-order valence-corrected chi connectivity index (χ2v) is 6.09. The molecular formula is C18H19N5O4. The van der Waals surface area contributed by atoms with Crippen molar-refractivity contribution in [3.8, 4) is 11.3 Å². The minimum atomic E-state index is -0.403. The smallest absolute Gasteiger partial charge is 0.461 e. The summed E-state index contributed by atoms with van der Waals surface area (Å²) in [6.07, 6.45) is 1.43. The molecule has 0 aliphatic rings. The highest BCUT2D eigenvalue weighted by molar-refractivity contribution is 5.86. The van der Waals surface area contributed by atoms with E-state index < -0.39 is 5.97 Å². The van der Waals surface area contributed by atoms with Crippen molar-refractivity contribution in [3.63, 3.8) is 0 Å². The SMILES string of the molecule is CC(C)OC(=O)CCNc1n[n+]([O-])c2cccc(-c3ccccn3)c2[n+]1[O-]. The Morgan fingerprint density at radius 1 is 1.22 bits per heavy atom. The van der Waals surface area contributed by atoms with E-state index in [1.54, 1.807) is 50.4 Å². The zero-order valence-electron chi connectivity index (χ0n) is 15.0. The zero-order chi connectivity index (χ0) is 19.4. The number of nitrogens with zero attached hydrogens (tertiary/aromatic N) is 4. The van der Waals surface area contributed by atoms with E-state index in [9.17, 15) is 15.2 Å². The maximum Gasteiger partial charge on any atom is 0.461 e. The number of fused-ring (bicyclic) bond motifs is 1. The molecule has 2 aromatic heterocycles. The summed E-state index contributed by atoms with van der Waals surface area (Å²) in [5.41, 5.74) is 1.34. The fourth-order valence-electron chi connectivity index (χ4n) is 2.62. The molecule has 0 unspecified atom stereocenters. The molecule has 1 aromatic carbocycles. The third-order valence-electron chi connectivity index (χ3n) is 3.72. The Bertz CT molecular complexity index is 963. The third kappa shape index (κ3) is 4.02. The highest BCUT2D eigenvalue weighted by atomic mass is 16.5. The molecule has 0 atom stereocenters. The minimum absolute atomic E-state index is 0.0403. The van der Waals surface area contributed by atoms with Crippen LogP contribution in [0.2, 0.25) is 0 Å². The lowest BCUT2D eigenvalue weighted by Crippen LogP contribution is -2.44. The van der Waals surface area contributed by atoms with Gasteiger partial charge in [-0.1, -0.05) is 12.1 Å². The van der Waals surface area contributed by atoms with Crippen molar-refractivity contribution in [2.45, 2.75) is 26.4 Å². The predicted molar refractivity (Wildman–Crippen MR) is 97.2 cm³/mol. The average Bonchev–Trinajstić information content (AvgIpc) is 2.65. The lowest BCUT2D eigenvalue weighted by molar-refractivity contribution is -0.672. The van der Waals surface area contributed by atoms with Gasteiger partial charge in [0.1, 0.15) is 0 Å². The van der Waals surface area contributed by atoms with Gasteiger partial charge in [-0.15, -0.1) is 0 Å². The van der Waals surface area contributed by atoms with E-state index in [4.69, 9.17) is 4.74 Å². The monoisotopic (exact) mass is 369 g/mol. The Morgan fingerprint density at radius 2 is 2.04 bits per heavy atom. The molecule has 27 heavy (non-hydrogen) atoms. The van der Waals surface area contributed by atoms with Gasteiger partial charge in [-0.3, -0.25) is 15.1 Å². The summed E-state index contributed by atoms with van der Waals surface area (Å²) in [6.45, 7) is 3.61. The molecule has 0 saturated heterocycles. The molecule has 3 rings (SSSR count). The number of anilines is 1. The number of para-hydroxylation sites is 1. The number of carbonyl (C=O) groups is 1. The summed E-state index contributed by atoms with van der Waals surface area (Å²) in [6, 6.07) is 10.2. The van der Waals surface area contributed by atoms with E-state index in [2.05, 4.69) is 15.4 Å². The lowest BCUT2D eigenvalue weighted by atomic mass is 10.1. The van der Waals surface area contributed by atoms with Crippen molar-refractivity contribution >= 4 is 23.0 Å². The van der Waals surface area contributed by atoms with Crippen LogP contribution < -0.4 is 14.9 Å². The first-order valence-corrected chi connectivity index (χ1v) is 8.48. The first-order valence-electron chi connectivity index (χ1n) is 8.48. The van der Waals surface area contributed by atoms with Crippen LogP contribution in [0.1, 0.15) is 20.3 Å². The van der Waals surface area contributed by atoms with Gasteiger partial charge in [-0.25, -0.2) is 4.73 Å². The summed E-state index contributed by atoms with van der Waals surface area (Å²) in [5.74, 6) is -0.599. The molecule has 0 aliphatic carbocycles. The number of hydrogen-bond donors (Lipinski definition) is 1. The summed E-state index contributed by atoms with van der Waals surface area (Å²) < 4.78 is 5.57. The van der Waals surface area contributed by atoms with Crippen molar-refractivity contribution in [3.05, 3.63) is 53.0 Å². The largest absolute Gasteiger partial charge is 0.739 e. The Balaban J connectivity index is 1.94. The van der Waals surface area contributed by atoms with E-state index in [-0.39, 0.29) is 36.1 Å². The van der Waals surface area contributed by atoms with Gasteiger partial charge in [0, 0.05) is 22.7 Å². The van der Waals surface area contributed by atoms with Gasteiger partial charge in [0.15, 0.2) is 5.52 Å². The number of carbonyl (C=O) groups excluding carboxylic acids is 1. The molecule has 9 nitrogen and oxygen atoms in total. The zero-order valence-corrected chi connectivity index (χ0v) is 15.0. The van der Waals surface area contributed by atoms with Crippen LogP contribution in [0.15, 0.2) is 42.6 Å². The van der Waals surface area contributed by atoms with Gasteiger partial charge in [-0.05, 0) is 32.0 Å².